The maximum Gasteiger partial charge on any atom is 0.318 e. The average molecular weight is 371 g/mol. The van der Waals surface area contributed by atoms with Gasteiger partial charge in [-0.2, -0.15) is 0 Å². The lowest BCUT2D eigenvalue weighted by molar-refractivity contribution is -0.394. The summed E-state index contributed by atoms with van der Waals surface area (Å²) in [5.74, 6) is -0.711. The van der Waals surface area contributed by atoms with Gasteiger partial charge in [-0.05, 0) is 0 Å². The molecule has 1 N–H and O–H groups in total. The van der Waals surface area contributed by atoms with E-state index in [0.717, 1.165) is 29.2 Å². The molecular formula is C15H9N5O5S. The third-order valence-electron chi connectivity index (χ3n) is 3.26. The highest BCUT2D eigenvalue weighted by atomic mass is 32.1. The molecule has 0 spiro atoms. The predicted octanol–water partition coefficient (Wildman–Crippen LogP) is 3.48. The summed E-state index contributed by atoms with van der Waals surface area (Å²) in [6.45, 7) is 0. The molecule has 0 aliphatic heterocycles. The van der Waals surface area contributed by atoms with Crippen molar-refractivity contribution in [3.63, 3.8) is 0 Å². The molecule has 1 aromatic heterocycles. The van der Waals surface area contributed by atoms with Crippen molar-refractivity contribution in [1.29, 1.82) is 0 Å². The van der Waals surface area contributed by atoms with Crippen molar-refractivity contribution >= 4 is 34.1 Å². The molecule has 0 aliphatic rings. The number of nitro benzene ring substituents is 2. The monoisotopic (exact) mass is 371 g/mol. The van der Waals surface area contributed by atoms with Crippen molar-refractivity contribution in [3.05, 3.63) is 68.3 Å². The minimum Gasteiger partial charge on any atom is -0.502 e. The van der Waals surface area contributed by atoms with Crippen LogP contribution in [0.25, 0.3) is 10.6 Å². The predicted molar refractivity (Wildman–Crippen MR) is 94.0 cm³/mol. The molecule has 3 rings (SSSR count). The Morgan fingerprint density at radius 1 is 1.08 bits per heavy atom. The Bertz CT molecular complexity index is 1020. The van der Waals surface area contributed by atoms with Crippen molar-refractivity contribution in [2.45, 2.75) is 0 Å². The van der Waals surface area contributed by atoms with Crippen molar-refractivity contribution < 1.29 is 15.0 Å². The van der Waals surface area contributed by atoms with Crippen LogP contribution in [0.4, 0.5) is 16.5 Å². The molecule has 26 heavy (non-hydrogen) atoms. The smallest absolute Gasteiger partial charge is 0.318 e. The van der Waals surface area contributed by atoms with Crippen LogP contribution in [0.15, 0.2) is 47.5 Å². The standard InChI is InChI=1S/C15H9N5O5S/c21-13-10(6-11(19(22)23)7-12(13)20(24)25)8-16-15-18-17-14(26-15)9-4-2-1-3-5-9/h1-8,21H/b16-8+. The van der Waals surface area contributed by atoms with Crippen molar-refractivity contribution in [2.24, 2.45) is 4.99 Å². The highest BCUT2D eigenvalue weighted by Gasteiger charge is 2.23. The first-order valence-corrected chi connectivity index (χ1v) is 7.86. The Morgan fingerprint density at radius 3 is 2.46 bits per heavy atom. The molecule has 3 aromatic rings. The minimum absolute atomic E-state index is 0.164. The van der Waals surface area contributed by atoms with Crippen molar-refractivity contribution in [1.82, 2.24) is 10.2 Å². The third-order valence-corrected chi connectivity index (χ3v) is 4.14. The van der Waals surface area contributed by atoms with E-state index in [1.807, 2.05) is 30.3 Å². The molecule has 11 heteroatoms. The van der Waals surface area contributed by atoms with E-state index in [2.05, 4.69) is 15.2 Å². The van der Waals surface area contributed by atoms with E-state index in [-0.39, 0.29) is 10.7 Å². The molecule has 0 atom stereocenters. The van der Waals surface area contributed by atoms with E-state index in [0.29, 0.717) is 11.1 Å². The van der Waals surface area contributed by atoms with Crippen LogP contribution in [0.3, 0.4) is 0 Å². The number of benzene rings is 2. The van der Waals surface area contributed by atoms with Crippen LogP contribution in [-0.4, -0.2) is 31.4 Å². The zero-order valence-corrected chi connectivity index (χ0v) is 13.7. The second-order valence-electron chi connectivity index (χ2n) is 4.93. The summed E-state index contributed by atoms with van der Waals surface area (Å²) in [4.78, 5) is 24.2. The summed E-state index contributed by atoms with van der Waals surface area (Å²) < 4.78 is 0. The number of phenols is 1. The van der Waals surface area contributed by atoms with Gasteiger partial charge >= 0.3 is 5.69 Å². The topological polar surface area (TPSA) is 145 Å². The molecule has 2 aromatic carbocycles. The molecule has 0 radical (unpaired) electrons. The van der Waals surface area contributed by atoms with Gasteiger partial charge in [0.15, 0.2) is 0 Å². The lowest BCUT2D eigenvalue weighted by Gasteiger charge is -2.00. The number of non-ortho nitro benzene ring substituents is 1. The largest absolute Gasteiger partial charge is 0.502 e. The molecule has 0 unspecified atom stereocenters. The van der Waals surface area contributed by atoms with E-state index in [4.69, 9.17) is 0 Å². The molecule has 0 aliphatic carbocycles. The Kier molecular flexibility index (Phi) is 4.62. The Balaban J connectivity index is 1.95. The third kappa shape index (κ3) is 3.52. The first-order valence-electron chi connectivity index (χ1n) is 7.04. The summed E-state index contributed by atoms with van der Waals surface area (Å²) in [6, 6.07) is 10.9. The number of aliphatic imine (C=N–C) groups is 1. The molecule has 1 heterocycles. The van der Waals surface area contributed by atoms with Crippen molar-refractivity contribution in [3.8, 4) is 16.3 Å². The number of aromatic nitrogens is 2. The average Bonchev–Trinajstić information content (AvgIpc) is 3.10. The summed E-state index contributed by atoms with van der Waals surface area (Å²) in [6.07, 6.45) is 1.07. The second-order valence-corrected chi connectivity index (χ2v) is 5.89. The zero-order chi connectivity index (χ0) is 18.7. The minimum atomic E-state index is -0.905. The van der Waals surface area contributed by atoms with Gasteiger partial charge < -0.3 is 5.11 Å². The van der Waals surface area contributed by atoms with E-state index < -0.39 is 27.0 Å². The van der Waals surface area contributed by atoms with Gasteiger partial charge in [0.05, 0.1) is 15.9 Å². The fraction of sp³-hybridized carbons (Fsp3) is 0. The molecular weight excluding hydrogens is 362 g/mol. The molecule has 0 amide bonds. The Hall–Kier alpha value is -3.73. The van der Waals surface area contributed by atoms with E-state index >= 15 is 0 Å². The molecule has 0 saturated heterocycles. The van der Waals surface area contributed by atoms with Crippen LogP contribution in [0.5, 0.6) is 5.75 Å². The molecule has 10 nitrogen and oxygen atoms in total. The zero-order valence-electron chi connectivity index (χ0n) is 12.8. The molecule has 0 bridgehead atoms. The highest BCUT2D eigenvalue weighted by molar-refractivity contribution is 7.18. The summed E-state index contributed by atoms with van der Waals surface area (Å²) in [5, 5.41) is 40.5. The fourth-order valence-corrected chi connectivity index (χ4v) is 2.75. The summed E-state index contributed by atoms with van der Waals surface area (Å²) >= 11 is 1.16. The normalized spacial score (nSPS) is 10.9. The number of aromatic hydroxyl groups is 1. The molecule has 0 saturated carbocycles. The summed E-state index contributed by atoms with van der Waals surface area (Å²) in [7, 11) is 0. The Labute approximate surface area is 149 Å². The quantitative estimate of drug-likeness (QED) is 0.410. The van der Waals surface area contributed by atoms with Crippen LogP contribution in [0.2, 0.25) is 0 Å². The summed E-state index contributed by atoms with van der Waals surface area (Å²) in [5.41, 5.74) is -0.622. The van der Waals surface area contributed by atoms with Gasteiger partial charge in [-0.15, -0.1) is 10.2 Å². The van der Waals surface area contributed by atoms with Gasteiger partial charge in [0.25, 0.3) is 5.69 Å². The number of nitro groups is 2. The van der Waals surface area contributed by atoms with Crippen LogP contribution in [0, 0.1) is 20.2 Å². The number of nitrogens with zero attached hydrogens (tertiary/aromatic N) is 5. The number of hydrogen-bond acceptors (Lipinski definition) is 9. The SMILES string of the molecule is O=[N+]([O-])c1cc(/C=N/c2nnc(-c3ccccc3)s2)c(O)c([N+](=O)[O-])c1. The Morgan fingerprint density at radius 2 is 1.81 bits per heavy atom. The molecule has 0 fully saturated rings. The van der Waals surface area contributed by atoms with Crippen LogP contribution >= 0.6 is 11.3 Å². The van der Waals surface area contributed by atoms with Gasteiger partial charge in [-0.3, -0.25) is 20.2 Å². The maximum absolute atomic E-state index is 10.9. The van der Waals surface area contributed by atoms with Gasteiger partial charge in [-0.25, -0.2) is 4.99 Å². The van der Waals surface area contributed by atoms with Gasteiger partial charge in [0, 0.05) is 23.4 Å². The van der Waals surface area contributed by atoms with E-state index in [1.54, 1.807) is 0 Å². The van der Waals surface area contributed by atoms with E-state index in [1.165, 1.54) is 0 Å². The van der Waals surface area contributed by atoms with Gasteiger partial charge in [0.2, 0.25) is 10.9 Å². The first kappa shape index (κ1) is 17.1. The highest BCUT2D eigenvalue weighted by Crippen LogP contribution is 2.34. The van der Waals surface area contributed by atoms with Crippen molar-refractivity contribution in [2.75, 3.05) is 0 Å². The van der Waals surface area contributed by atoms with Crippen LogP contribution < -0.4 is 0 Å². The fourth-order valence-electron chi connectivity index (χ4n) is 2.06. The van der Waals surface area contributed by atoms with Gasteiger partial charge in [-0.1, -0.05) is 41.7 Å². The van der Waals surface area contributed by atoms with Gasteiger partial charge in [0.1, 0.15) is 5.01 Å². The lowest BCUT2D eigenvalue weighted by atomic mass is 10.1. The van der Waals surface area contributed by atoms with Crippen LogP contribution in [-0.2, 0) is 0 Å². The number of rotatable bonds is 5. The molecule has 130 valence electrons. The van der Waals surface area contributed by atoms with E-state index in [9.17, 15) is 25.3 Å². The number of phenolic OH excluding ortho intramolecular Hbond substituents is 1. The number of hydrogen-bond donors (Lipinski definition) is 1. The first-order chi connectivity index (χ1) is 12.5. The second kappa shape index (κ2) is 7.03. The lowest BCUT2D eigenvalue weighted by Crippen LogP contribution is -1.96. The van der Waals surface area contributed by atoms with Crippen LogP contribution in [0.1, 0.15) is 5.56 Å². The maximum atomic E-state index is 10.9.